The van der Waals surface area contributed by atoms with Crippen LogP contribution in [0.3, 0.4) is 0 Å². The second kappa shape index (κ2) is 19.2. The van der Waals surface area contributed by atoms with Crippen molar-refractivity contribution in [2.75, 3.05) is 26.8 Å². The van der Waals surface area contributed by atoms with E-state index in [4.69, 9.17) is 4.74 Å². The summed E-state index contributed by atoms with van der Waals surface area (Å²) in [6, 6.07) is 0. The number of hydrogen-bond donors (Lipinski definition) is 2. The van der Waals surface area contributed by atoms with Crippen LogP contribution in [0.4, 0.5) is 0 Å². The normalized spacial score (nSPS) is 12.2. The Morgan fingerprint density at radius 1 is 0.950 bits per heavy atom. The number of quaternary nitrogens is 1. The summed E-state index contributed by atoms with van der Waals surface area (Å²) in [4.78, 5) is 0. The summed E-state index contributed by atoms with van der Waals surface area (Å²) in [5.74, 6) is 0. The maximum absolute atomic E-state index is 9.82. The molecule has 3 N–H and O–H groups in total. The number of halogens is 1. The Kier molecular flexibility index (Phi) is 21.5. The van der Waals surface area contributed by atoms with Gasteiger partial charge in [0.1, 0.15) is 12.6 Å². The Morgan fingerprint density at radius 2 is 1.55 bits per heavy atom. The summed E-state index contributed by atoms with van der Waals surface area (Å²) in [6.07, 6.45) is 12.6. The van der Waals surface area contributed by atoms with Gasteiger partial charge in [-0.2, -0.15) is 0 Å². The maximum atomic E-state index is 9.82. The fourth-order valence-corrected chi connectivity index (χ4v) is 2.31. The molecule has 0 radical (unpaired) electrons. The Hall–Kier alpha value is 0.170. The zero-order chi connectivity index (χ0) is 14.2. The predicted octanol–water partition coefficient (Wildman–Crippen LogP) is -0.518. The van der Waals surface area contributed by atoms with Gasteiger partial charge in [0, 0.05) is 13.5 Å². The highest BCUT2D eigenvalue weighted by Crippen LogP contribution is 2.10. The van der Waals surface area contributed by atoms with Crippen LogP contribution >= 0.6 is 0 Å². The van der Waals surface area contributed by atoms with Crippen molar-refractivity contribution in [3.8, 4) is 0 Å². The molecule has 124 valence electrons. The number of nitrogens with two attached hydrogens (primary N) is 1. The smallest absolute Gasteiger partial charge is 0.103 e. The average Bonchev–Trinajstić information content (AvgIpc) is 2.41. The van der Waals surface area contributed by atoms with Gasteiger partial charge in [0.25, 0.3) is 0 Å². The number of aliphatic hydroxyl groups is 1. The summed E-state index contributed by atoms with van der Waals surface area (Å²) < 4.78 is 4.99. The van der Waals surface area contributed by atoms with Gasteiger partial charge >= 0.3 is 0 Å². The van der Waals surface area contributed by atoms with Gasteiger partial charge in [-0.25, -0.2) is 0 Å². The fraction of sp³-hybridized carbons (Fsp3) is 1.00. The predicted molar refractivity (Wildman–Crippen MR) is 81.4 cm³/mol. The number of hydrogen-bond acceptors (Lipinski definition) is 2. The van der Waals surface area contributed by atoms with E-state index in [1.807, 2.05) is 0 Å². The molecule has 0 spiro atoms. The first-order valence-electron chi connectivity index (χ1n) is 8.30. The number of rotatable bonds is 15. The van der Waals surface area contributed by atoms with E-state index >= 15 is 0 Å². The zero-order valence-corrected chi connectivity index (χ0v) is 14.3. The lowest BCUT2D eigenvalue weighted by Crippen LogP contribution is -3.00. The van der Waals surface area contributed by atoms with Crippen LogP contribution < -0.4 is 17.7 Å². The monoisotopic (exact) mass is 309 g/mol. The van der Waals surface area contributed by atoms with Crippen molar-refractivity contribution in [3.63, 3.8) is 0 Å². The van der Waals surface area contributed by atoms with E-state index < -0.39 is 0 Å². The van der Waals surface area contributed by atoms with Crippen molar-refractivity contribution in [1.29, 1.82) is 0 Å². The van der Waals surface area contributed by atoms with Crippen molar-refractivity contribution >= 4 is 0 Å². The minimum Gasteiger partial charge on any atom is -1.00 e. The van der Waals surface area contributed by atoms with Crippen LogP contribution in [0.5, 0.6) is 0 Å². The number of aliphatic hydroxyl groups excluding tert-OH is 1. The largest absolute Gasteiger partial charge is 1.00 e. The summed E-state index contributed by atoms with van der Waals surface area (Å²) in [5, 5.41) is 12.0. The highest BCUT2D eigenvalue weighted by molar-refractivity contribution is 4.53. The SMILES string of the molecule is CCCCCCCCCCC(O)C[NH2+]CCCOC.[Cl-]. The van der Waals surface area contributed by atoms with E-state index in [2.05, 4.69) is 12.2 Å². The van der Waals surface area contributed by atoms with E-state index in [1.165, 1.54) is 51.4 Å². The third-order valence-electron chi connectivity index (χ3n) is 3.59. The molecule has 0 heterocycles. The van der Waals surface area contributed by atoms with E-state index in [9.17, 15) is 5.11 Å². The van der Waals surface area contributed by atoms with E-state index in [1.54, 1.807) is 7.11 Å². The minimum atomic E-state index is -0.123. The molecule has 0 amide bonds. The quantitative estimate of drug-likeness (QED) is 0.400. The third-order valence-corrected chi connectivity index (χ3v) is 3.59. The van der Waals surface area contributed by atoms with Crippen molar-refractivity contribution in [2.45, 2.75) is 77.2 Å². The van der Waals surface area contributed by atoms with Gasteiger partial charge < -0.3 is 27.6 Å². The molecule has 0 aromatic carbocycles. The van der Waals surface area contributed by atoms with Gasteiger partial charge in [0.15, 0.2) is 0 Å². The molecule has 0 saturated heterocycles. The lowest BCUT2D eigenvalue weighted by atomic mass is 10.1. The second-order valence-corrected chi connectivity index (χ2v) is 5.58. The Labute approximate surface area is 132 Å². The van der Waals surface area contributed by atoms with Gasteiger partial charge in [0.05, 0.1) is 13.2 Å². The van der Waals surface area contributed by atoms with Crippen molar-refractivity contribution in [1.82, 2.24) is 0 Å². The summed E-state index contributed by atoms with van der Waals surface area (Å²) in [5.41, 5.74) is 0. The molecule has 0 aliphatic heterocycles. The molecule has 0 aromatic heterocycles. The molecule has 0 bridgehead atoms. The Balaban J connectivity index is 0. The van der Waals surface area contributed by atoms with Gasteiger partial charge in [-0.3, -0.25) is 0 Å². The standard InChI is InChI=1S/C16H35NO2.ClH/c1-3-4-5-6-7-8-9-10-12-16(18)15-17-13-11-14-19-2;/h16-18H,3-15H2,1-2H3;1H. The summed E-state index contributed by atoms with van der Waals surface area (Å²) >= 11 is 0. The highest BCUT2D eigenvalue weighted by Gasteiger charge is 2.05. The van der Waals surface area contributed by atoms with Crippen molar-refractivity contribution in [2.24, 2.45) is 0 Å². The van der Waals surface area contributed by atoms with Crippen LogP contribution in [0.1, 0.15) is 71.1 Å². The molecule has 1 atom stereocenters. The van der Waals surface area contributed by atoms with Crippen LogP contribution in [0, 0.1) is 0 Å². The van der Waals surface area contributed by atoms with Crippen molar-refractivity contribution < 1.29 is 27.6 Å². The first-order valence-corrected chi connectivity index (χ1v) is 8.30. The number of methoxy groups -OCH3 is 1. The van der Waals surface area contributed by atoms with E-state index in [0.717, 1.165) is 32.5 Å². The molecule has 20 heavy (non-hydrogen) atoms. The van der Waals surface area contributed by atoms with Gasteiger partial charge in [-0.1, -0.05) is 58.3 Å². The van der Waals surface area contributed by atoms with Crippen molar-refractivity contribution in [3.05, 3.63) is 0 Å². The second-order valence-electron chi connectivity index (χ2n) is 5.58. The summed E-state index contributed by atoms with van der Waals surface area (Å²) in [6.45, 7) is 4.99. The first-order chi connectivity index (χ1) is 9.31. The molecule has 0 aromatic rings. The average molecular weight is 310 g/mol. The maximum Gasteiger partial charge on any atom is 0.103 e. The molecule has 0 aliphatic carbocycles. The first kappa shape index (κ1) is 22.5. The van der Waals surface area contributed by atoms with Crippen LogP contribution in [-0.2, 0) is 4.74 Å². The Morgan fingerprint density at radius 3 is 2.15 bits per heavy atom. The highest BCUT2D eigenvalue weighted by atomic mass is 35.5. The van der Waals surface area contributed by atoms with Crippen LogP contribution in [0.15, 0.2) is 0 Å². The minimum absolute atomic E-state index is 0. The van der Waals surface area contributed by atoms with Gasteiger partial charge in [-0.05, 0) is 6.42 Å². The number of ether oxygens (including phenoxy) is 1. The number of unbranched alkanes of at least 4 members (excludes halogenated alkanes) is 7. The van der Waals surface area contributed by atoms with Crippen LogP contribution in [0.25, 0.3) is 0 Å². The Bertz CT molecular complexity index is 171. The summed E-state index contributed by atoms with van der Waals surface area (Å²) in [7, 11) is 1.73. The van der Waals surface area contributed by atoms with Crippen LogP contribution in [0.2, 0.25) is 0 Å². The molecule has 4 heteroatoms. The molecular formula is C16H36ClNO2. The molecule has 0 aliphatic rings. The molecule has 0 fully saturated rings. The lowest BCUT2D eigenvalue weighted by Gasteiger charge is -2.09. The topological polar surface area (TPSA) is 46.1 Å². The molecule has 3 nitrogen and oxygen atoms in total. The third kappa shape index (κ3) is 18.2. The van der Waals surface area contributed by atoms with Gasteiger partial charge in [-0.15, -0.1) is 0 Å². The van der Waals surface area contributed by atoms with Crippen LogP contribution in [-0.4, -0.2) is 38.0 Å². The molecule has 0 rings (SSSR count). The zero-order valence-electron chi connectivity index (χ0n) is 13.6. The van der Waals surface area contributed by atoms with Gasteiger partial charge in [0.2, 0.25) is 0 Å². The fourth-order valence-electron chi connectivity index (χ4n) is 2.31. The lowest BCUT2D eigenvalue weighted by molar-refractivity contribution is -0.661. The molecule has 1 unspecified atom stereocenters. The van der Waals surface area contributed by atoms with E-state index in [-0.39, 0.29) is 18.5 Å². The van der Waals surface area contributed by atoms with E-state index in [0.29, 0.717) is 0 Å². The molecule has 0 saturated carbocycles. The molecular weight excluding hydrogens is 274 g/mol.